The molecular formula is C16H13ClN2O2S. The Labute approximate surface area is 136 Å². The molecule has 112 valence electrons. The van der Waals surface area contributed by atoms with Gasteiger partial charge in [0.05, 0.1) is 5.69 Å². The van der Waals surface area contributed by atoms with Crippen LogP contribution in [-0.2, 0) is 6.54 Å². The number of thiazole rings is 1. The van der Waals surface area contributed by atoms with Crippen molar-refractivity contribution in [2.45, 2.75) is 6.54 Å². The molecule has 0 spiro atoms. The summed E-state index contributed by atoms with van der Waals surface area (Å²) in [6.45, 7) is 0.658. The lowest BCUT2D eigenvalue weighted by molar-refractivity contribution is 0.404. The Hall–Kier alpha value is -2.24. The van der Waals surface area contributed by atoms with Gasteiger partial charge in [-0.15, -0.1) is 11.3 Å². The summed E-state index contributed by atoms with van der Waals surface area (Å²) in [5.41, 5.74) is 2.62. The molecule has 0 aliphatic heterocycles. The number of halogens is 1. The number of benzene rings is 2. The van der Waals surface area contributed by atoms with Crippen LogP contribution in [0.3, 0.4) is 0 Å². The van der Waals surface area contributed by atoms with Gasteiger partial charge in [0.15, 0.2) is 16.6 Å². The Morgan fingerprint density at radius 3 is 2.55 bits per heavy atom. The van der Waals surface area contributed by atoms with Gasteiger partial charge in [-0.2, -0.15) is 0 Å². The van der Waals surface area contributed by atoms with Gasteiger partial charge in [-0.1, -0.05) is 23.7 Å². The highest BCUT2D eigenvalue weighted by atomic mass is 35.5. The second-order valence-electron chi connectivity index (χ2n) is 4.72. The second kappa shape index (κ2) is 6.25. The Balaban J connectivity index is 1.70. The molecule has 1 aromatic heterocycles. The molecule has 3 N–H and O–H groups in total. The normalized spacial score (nSPS) is 10.6. The lowest BCUT2D eigenvalue weighted by atomic mass is 10.1. The van der Waals surface area contributed by atoms with Crippen LogP contribution in [0, 0.1) is 0 Å². The summed E-state index contributed by atoms with van der Waals surface area (Å²) in [6, 6.07) is 12.3. The smallest absolute Gasteiger partial charge is 0.183 e. The lowest BCUT2D eigenvalue weighted by Crippen LogP contribution is -1.98. The third-order valence-corrected chi connectivity index (χ3v) is 4.18. The van der Waals surface area contributed by atoms with E-state index in [-0.39, 0.29) is 11.5 Å². The maximum Gasteiger partial charge on any atom is 0.183 e. The lowest BCUT2D eigenvalue weighted by Gasteiger charge is -2.03. The molecule has 4 nitrogen and oxygen atoms in total. The molecule has 1 heterocycles. The van der Waals surface area contributed by atoms with Gasteiger partial charge in [-0.05, 0) is 35.9 Å². The molecule has 0 aliphatic carbocycles. The fraction of sp³-hybridized carbons (Fsp3) is 0.0625. The Bertz CT molecular complexity index is 787. The fourth-order valence-electron chi connectivity index (χ4n) is 1.95. The molecule has 6 heteroatoms. The van der Waals surface area contributed by atoms with Gasteiger partial charge in [0.25, 0.3) is 0 Å². The van der Waals surface area contributed by atoms with Crippen molar-refractivity contribution in [3.63, 3.8) is 0 Å². The van der Waals surface area contributed by atoms with Crippen LogP contribution in [0.1, 0.15) is 5.56 Å². The number of phenolic OH excluding ortho intramolecular Hbond substituents is 2. The monoisotopic (exact) mass is 332 g/mol. The molecule has 22 heavy (non-hydrogen) atoms. The van der Waals surface area contributed by atoms with Gasteiger partial charge in [0, 0.05) is 22.5 Å². The van der Waals surface area contributed by atoms with E-state index in [1.165, 1.54) is 23.5 Å². The first-order valence-corrected chi connectivity index (χ1v) is 7.84. The van der Waals surface area contributed by atoms with Crippen LogP contribution in [0.2, 0.25) is 5.02 Å². The van der Waals surface area contributed by atoms with Crippen molar-refractivity contribution < 1.29 is 10.2 Å². The van der Waals surface area contributed by atoms with Crippen molar-refractivity contribution in [1.82, 2.24) is 4.98 Å². The molecule has 0 bridgehead atoms. The van der Waals surface area contributed by atoms with E-state index < -0.39 is 0 Å². The van der Waals surface area contributed by atoms with Crippen LogP contribution in [0.25, 0.3) is 11.3 Å². The number of phenols is 2. The minimum Gasteiger partial charge on any atom is -0.504 e. The number of hydrogen-bond donors (Lipinski definition) is 3. The number of rotatable bonds is 4. The molecular weight excluding hydrogens is 320 g/mol. The van der Waals surface area contributed by atoms with E-state index in [1.807, 2.05) is 29.6 Å². The third kappa shape index (κ3) is 3.32. The standard InChI is InChI=1S/C16H13ClN2O2S/c17-12-4-1-10(2-5-12)8-18-16-19-13(9-22-16)11-3-6-14(20)15(21)7-11/h1-7,9,20-21H,8H2,(H,18,19). The van der Waals surface area contributed by atoms with Crippen molar-refractivity contribution in [2.75, 3.05) is 5.32 Å². The van der Waals surface area contributed by atoms with Gasteiger partial charge in [-0.25, -0.2) is 4.98 Å². The topological polar surface area (TPSA) is 65.4 Å². The Morgan fingerprint density at radius 1 is 1.05 bits per heavy atom. The second-order valence-corrected chi connectivity index (χ2v) is 6.02. The quantitative estimate of drug-likeness (QED) is 0.616. The number of hydrogen-bond acceptors (Lipinski definition) is 5. The summed E-state index contributed by atoms with van der Waals surface area (Å²) in [5.74, 6) is -0.291. The van der Waals surface area contributed by atoms with Crippen LogP contribution in [-0.4, -0.2) is 15.2 Å². The molecule has 0 atom stereocenters. The number of nitrogens with zero attached hydrogens (tertiary/aromatic N) is 1. The number of nitrogens with one attached hydrogen (secondary N) is 1. The highest BCUT2D eigenvalue weighted by Crippen LogP contribution is 2.32. The zero-order chi connectivity index (χ0) is 15.5. The summed E-state index contributed by atoms with van der Waals surface area (Å²) in [4.78, 5) is 4.47. The number of aromatic hydroxyl groups is 2. The summed E-state index contributed by atoms with van der Waals surface area (Å²) < 4.78 is 0. The summed E-state index contributed by atoms with van der Waals surface area (Å²) in [6.07, 6.45) is 0. The van der Waals surface area contributed by atoms with E-state index in [1.54, 1.807) is 6.07 Å². The Morgan fingerprint density at radius 2 is 1.82 bits per heavy atom. The SMILES string of the molecule is Oc1ccc(-c2csc(NCc3ccc(Cl)cc3)n2)cc1O. The van der Waals surface area contributed by atoms with Crippen LogP contribution in [0.4, 0.5) is 5.13 Å². The van der Waals surface area contributed by atoms with Gasteiger partial charge in [0.1, 0.15) is 0 Å². The molecule has 0 saturated heterocycles. The van der Waals surface area contributed by atoms with Crippen molar-refractivity contribution in [3.05, 3.63) is 58.4 Å². The van der Waals surface area contributed by atoms with Gasteiger partial charge < -0.3 is 15.5 Å². The number of aromatic nitrogens is 1. The number of anilines is 1. The summed E-state index contributed by atoms with van der Waals surface area (Å²) in [5, 5.41) is 25.5. The summed E-state index contributed by atoms with van der Waals surface area (Å²) in [7, 11) is 0. The van der Waals surface area contributed by atoms with Crippen LogP contribution < -0.4 is 5.32 Å². The zero-order valence-corrected chi connectivity index (χ0v) is 13.0. The molecule has 0 radical (unpaired) electrons. The molecule has 2 aromatic carbocycles. The molecule has 0 amide bonds. The van der Waals surface area contributed by atoms with E-state index in [9.17, 15) is 10.2 Å². The van der Waals surface area contributed by atoms with Crippen LogP contribution >= 0.6 is 22.9 Å². The average Bonchev–Trinajstić information content (AvgIpc) is 2.98. The maximum atomic E-state index is 9.54. The molecule has 0 unspecified atom stereocenters. The van der Waals surface area contributed by atoms with Crippen molar-refractivity contribution in [3.8, 4) is 22.8 Å². The van der Waals surface area contributed by atoms with Crippen LogP contribution in [0.5, 0.6) is 11.5 Å². The Kier molecular flexibility index (Phi) is 4.18. The molecule has 3 aromatic rings. The van der Waals surface area contributed by atoms with E-state index in [0.29, 0.717) is 11.6 Å². The van der Waals surface area contributed by atoms with E-state index in [4.69, 9.17) is 11.6 Å². The van der Waals surface area contributed by atoms with Gasteiger partial charge >= 0.3 is 0 Å². The third-order valence-electron chi connectivity index (χ3n) is 3.13. The first-order chi connectivity index (χ1) is 10.6. The minimum atomic E-state index is -0.152. The van der Waals surface area contributed by atoms with Crippen molar-refractivity contribution in [2.24, 2.45) is 0 Å². The molecule has 0 aliphatic rings. The van der Waals surface area contributed by atoms with Crippen molar-refractivity contribution >= 4 is 28.1 Å². The van der Waals surface area contributed by atoms with Crippen molar-refractivity contribution in [1.29, 1.82) is 0 Å². The fourth-order valence-corrected chi connectivity index (χ4v) is 2.79. The molecule has 3 rings (SSSR count). The molecule has 0 fully saturated rings. The first-order valence-electron chi connectivity index (χ1n) is 6.58. The zero-order valence-electron chi connectivity index (χ0n) is 11.5. The predicted octanol–water partition coefficient (Wildman–Crippen LogP) is 4.49. The van der Waals surface area contributed by atoms with E-state index in [0.717, 1.165) is 22.0 Å². The van der Waals surface area contributed by atoms with E-state index >= 15 is 0 Å². The highest BCUT2D eigenvalue weighted by Gasteiger charge is 2.07. The van der Waals surface area contributed by atoms with E-state index in [2.05, 4.69) is 10.3 Å². The maximum absolute atomic E-state index is 9.54. The van der Waals surface area contributed by atoms with Gasteiger partial charge in [0.2, 0.25) is 0 Å². The highest BCUT2D eigenvalue weighted by molar-refractivity contribution is 7.14. The summed E-state index contributed by atoms with van der Waals surface area (Å²) >= 11 is 7.34. The minimum absolute atomic E-state index is 0.139. The molecule has 0 saturated carbocycles. The van der Waals surface area contributed by atoms with Gasteiger partial charge in [-0.3, -0.25) is 0 Å². The first kappa shape index (κ1) is 14.7. The largest absolute Gasteiger partial charge is 0.504 e. The van der Waals surface area contributed by atoms with Crippen LogP contribution in [0.15, 0.2) is 47.8 Å². The predicted molar refractivity (Wildman–Crippen MR) is 89.7 cm³/mol. The average molecular weight is 333 g/mol.